The van der Waals surface area contributed by atoms with Gasteiger partial charge in [-0.3, -0.25) is 0 Å². The molecule has 74 valence electrons. The van der Waals surface area contributed by atoms with Gasteiger partial charge < -0.3 is 4.90 Å². The summed E-state index contributed by atoms with van der Waals surface area (Å²) in [5, 5.41) is 0. The minimum absolute atomic E-state index is 0.798. The average molecular weight is 179 g/mol. The minimum atomic E-state index is 0.798. The summed E-state index contributed by atoms with van der Waals surface area (Å²) in [6.07, 6.45) is 9.37. The van der Waals surface area contributed by atoms with Gasteiger partial charge in [-0.05, 0) is 44.9 Å². The first-order valence-corrected chi connectivity index (χ1v) is 5.75. The van der Waals surface area contributed by atoms with E-state index >= 15 is 0 Å². The van der Waals surface area contributed by atoms with Crippen LogP contribution < -0.4 is 0 Å². The van der Waals surface area contributed by atoms with Crippen molar-refractivity contribution in [1.82, 2.24) is 4.90 Å². The van der Waals surface area contributed by atoms with Crippen LogP contribution in [0.2, 0.25) is 0 Å². The molecule has 1 fully saturated rings. The largest absolute Gasteiger partial charge is 0.372 e. The Morgan fingerprint density at radius 3 is 2.69 bits per heavy atom. The fourth-order valence-electron chi connectivity index (χ4n) is 2.74. The van der Waals surface area contributed by atoms with E-state index < -0.39 is 0 Å². The summed E-state index contributed by atoms with van der Waals surface area (Å²) >= 11 is 0. The lowest BCUT2D eigenvalue weighted by Crippen LogP contribution is -2.30. The zero-order valence-electron chi connectivity index (χ0n) is 8.92. The monoisotopic (exact) mass is 179 g/mol. The fraction of sp³-hybridized carbons (Fsp3) is 0.833. The van der Waals surface area contributed by atoms with Crippen LogP contribution in [0.1, 0.15) is 46.0 Å². The molecule has 1 unspecified atom stereocenters. The predicted molar refractivity (Wildman–Crippen MR) is 56.5 cm³/mol. The normalized spacial score (nSPS) is 34.9. The molecule has 0 saturated carbocycles. The molecule has 2 rings (SSSR count). The highest BCUT2D eigenvalue weighted by Gasteiger charge is 2.26. The van der Waals surface area contributed by atoms with Crippen molar-refractivity contribution in [3.05, 3.63) is 11.8 Å². The summed E-state index contributed by atoms with van der Waals surface area (Å²) in [7, 11) is 0. The topological polar surface area (TPSA) is 3.24 Å². The molecule has 1 heteroatoms. The third-order valence-electron chi connectivity index (χ3n) is 3.58. The zero-order chi connectivity index (χ0) is 9.26. The number of allylic oxidation sites excluding steroid dienone is 2. The van der Waals surface area contributed by atoms with Gasteiger partial charge in [0, 0.05) is 18.3 Å². The Balaban J connectivity index is 2.09. The molecule has 2 aliphatic rings. The van der Waals surface area contributed by atoms with E-state index in [-0.39, 0.29) is 0 Å². The summed E-state index contributed by atoms with van der Waals surface area (Å²) in [5.41, 5.74) is 1.65. The van der Waals surface area contributed by atoms with Gasteiger partial charge in [-0.25, -0.2) is 0 Å². The molecular formula is C12H21N. The maximum absolute atomic E-state index is 2.64. The van der Waals surface area contributed by atoms with Crippen molar-refractivity contribution >= 4 is 0 Å². The third-order valence-corrected chi connectivity index (χ3v) is 3.58. The molecule has 0 aromatic rings. The molecule has 0 N–H and O–H groups in total. The number of hydrogen-bond donors (Lipinski definition) is 0. The fourth-order valence-corrected chi connectivity index (χ4v) is 2.74. The third kappa shape index (κ3) is 1.74. The lowest BCUT2D eigenvalue weighted by atomic mass is 9.93. The van der Waals surface area contributed by atoms with Gasteiger partial charge in [-0.1, -0.05) is 13.0 Å². The molecule has 0 spiro atoms. The molecular weight excluding hydrogens is 158 g/mol. The molecule has 1 heterocycles. The maximum atomic E-state index is 2.64. The van der Waals surface area contributed by atoms with Crippen LogP contribution in [0.25, 0.3) is 0 Å². The van der Waals surface area contributed by atoms with E-state index in [1.807, 2.05) is 0 Å². The zero-order valence-corrected chi connectivity index (χ0v) is 8.92. The minimum Gasteiger partial charge on any atom is -0.372 e. The van der Waals surface area contributed by atoms with E-state index in [0.717, 1.165) is 12.0 Å². The van der Waals surface area contributed by atoms with Crippen molar-refractivity contribution in [2.45, 2.75) is 52.0 Å². The lowest BCUT2D eigenvalue weighted by Gasteiger charge is -2.33. The Kier molecular flexibility index (Phi) is 2.61. The molecule has 0 bridgehead atoms. The lowest BCUT2D eigenvalue weighted by molar-refractivity contribution is 0.286. The average Bonchev–Trinajstić information content (AvgIpc) is 2.52. The van der Waals surface area contributed by atoms with Crippen LogP contribution in [0.4, 0.5) is 0 Å². The van der Waals surface area contributed by atoms with Gasteiger partial charge in [0.15, 0.2) is 0 Å². The molecule has 1 saturated heterocycles. The summed E-state index contributed by atoms with van der Waals surface area (Å²) in [6.45, 7) is 6.06. The van der Waals surface area contributed by atoms with Crippen molar-refractivity contribution in [3.63, 3.8) is 0 Å². The Morgan fingerprint density at radius 1 is 1.23 bits per heavy atom. The second-order valence-corrected chi connectivity index (χ2v) is 4.65. The number of rotatable bonds is 1. The van der Waals surface area contributed by atoms with Gasteiger partial charge in [0.05, 0.1) is 0 Å². The smallest absolute Gasteiger partial charge is 0.0259 e. The molecule has 0 amide bonds. The SMILES string of the molecule is CC1CCCC=C1N1CCC[C@H]1C. The highest BCUT2D eigenvalue weighted by atomic mass is 15.2. The van der Waals surface area contributed by atoms with Gasteiger partial charge in [-0.2, -0.15) is 0 Å². The van der Waals surface area contributed by atoms with Crippen LogP contribution in [-0.2, 0) is 0 Å². The van der Waals surface area contributed by atoms with E-state index in [1.54, 1.807) is 5.70 Å². The standard InChI is InChI=1S/C12H21N/c1-10-6-3-4-8-12(10)13-9-5-7-11(13)2/h8,10-11H,3-7,9H2,1-2H3/t10?,11-/m1/s1. The van der Waals surface area contributed by atoms with Crippen molar-refractivity contribution in [2.75, 3.05) is 6.54 Å². The molecule has 1 nitrogen and oxygen atoms in total. The van der Waals surface area contributed by atoms with Crippen LogP contribution in [-0.4, -0.2) is 17.5 Å². The highest BCUT2D eigenvalue weighted by Crippen LogP contribution is 2.32. The second kappa shape index (κ2) is 3.73. The summed E-state index contributed by atoms with van der Waals surface area (Å²) < 4.78 is 0. The van der Waals surface area contributed by atoms with Crippen LogP contribution in [0.15, 0.2) is 11.8 Å². The van der Waals surface area contributed by atoms with Gasteiger partial charge in [-0.15, -0.1) is 0 Å². The molecule has 0 radical (unpaired) electrons. The predicted octanol–water partition coefficient (Wildman–Crippen LogP) is 3.17. The van der Waals surface area contributed by atoms with Crippen molar-refractivity contribution in [1.29, 1.82) is 0 Å². The molecule has 0 aromatic heterocycles. The van der Waals surface area contributed by atoms with Gasteiger partial charge in [0.2, 0.25) is 0 Å². The van der Waals surface area contributed by atoms with Crippen molar-refractivity contribution in [3.8, 4) is 0 Å². The highest BCUT2D eigenvalue weighted by molar-refractivity contribution is 5.10. The van der Waals surface area contributed by atoms with Gasteiger partial charge >= 0.3 is 0 Å². The van der Waals surface area contributed by atoms with Crippen LogP contribution in [0.5, 0.6) is 0 Å². The van der Waals surface area contributed by atoms with Crippen LogP contribution in [0, 0.1) is 5.92 Å². The molecule has 1 aliphatic carbocycles. The van der Waals surface area contributed by atoms with E-state index in [1.165, 1.54) is 38.6 Å². The first-order valence-electron chi connectivity index (χ1n) is 5.75. The summed E-state index contributed by atoms with van der Waals surface area (Å²) in [5.74, 6) is 0.814. The van der Waals surface area contributed by atoms with Gasteiger partial charge in [0.25, 0.3) is 0 Å². The quantitative estimate of drug-likeness (QED) is 0.597. The van der Waals surface area contributed by atoms with Crippen LogP contribution in [0.3, 0.4) is 0 Å². The number of nitrogens with zero attached hydrogens (tertiary/aromatic N) is 1. The Labute approximate surface area is 81.8 Å². The summed E-state index contributed by atoms with van der Waals surface area (Å²) in [6, 6.07) is 0.798. The van der Waals surface area contributed by atoms with Gasteiger partial charge in [0.1, 0.15) is 0 Å². The van der Waals surface area contributed by atoms with Crippen molar-refractivity contribution in [2.24, 2.45) is 5.92 Å². The molecule has 13 heavy (non-hydrogen) atoms. The van der Waals surface area contributed by atoms with E-state index in [2.05, 4.69) is 24.8 Å². The second-order valence-electron chi connectivity index (χ2n) is 4.65. The van der Waals surface area contributed by atoms with E-state index in [9.17, 15) is 0 Å². The Morgan fingerprint density at radius 2 is 2.08 bits per heavy atom. The molecule has 1 aliphatic heterocycles. The van der Waals surface area contributed by atoms with Crippen molar-refractivity contribution < 1.29 is 0 Å². The number of hydrogen-bond acceptors (Lipinski definition) is 1. The first kappa shape index (κ1) is 9.11. The molecule has 2 atom stereocenters. The summed E-state index contributed by atoms with van der Waals surface area (Å²) in [4.78, 5) is 2.64. The Bertz CT molecular complexity index is 207. The molecule has 0 aromatic carbocycles. The maximum Gasteiger partial charge on any atom is 0.0259 e. The number of likely N-dealkylation sites (tertiary alicyclic amines) is 1. The van der Waals surface area contributed by atoms with Crippen LogP contribution >= 0.6 is 0 Å². The van der Waals surface area contributed by atoms with E-state index in [4.69, 9.17) is 0 Å². The first-order chi connectivity index (χ1) is 6.29. The Hall–Kier alpha value is -0.460. The van der Waals surface area contributed by atoms with E-state index in [0.29, 0.717) is 0 Å².